The Kier molecular flexibility index (Phi) is 5.86. The molecule has 16 heavy (non-hydrogen) atoms. The maximum Gasteiger partial charge on any atom is 0.162 e. The molecule has 0 aromatic heterocycles. The van der Waals surface area contributed by atoms with Crippen LogP contribution in [0.3, 0.4) is 0 Å². The second kappa shape index (κ2) is 6.44. The van der Waals surface area contributed by atoms with Crippen molar-refractivity contribution in [2.75, 3.05) is 13.2 Å². The number of halogens is 2. The quantitative estimate of drug-likeness (QED) is 0.481. The summed E-state index contributed by atoms with van der Waals surface area (Å²) in [7, 11) is 0. The van der Waals surface area contributed by atoms with E-state index in [1.807, 2.05) is 13.8 Å². The van der Waals surface area contributed by atoms with Gasteiger partial charge in [-0.1, -0.05) is 11.8 Å². The smallest absolute Gasteiger partial charge is 0.162 e. The highest BCUT2D eigenvalue weighted by Crippen LogP contribution is 2.35. The molecule has 1 rings (SSSR count). The Morgan fingerprint density at radius 1 is 1.00 bits per heavy atom. The molecule has 1 aliphatic heterocycles. The van der Waals surface area contributed by atoms with Crippen LogP contribution in [0.25, 0.3) is 0 Å². The van der Waals surface area contributed by atoms with E-state index in [1.165, 1.54) is 0 Å². The molecule has 1 aliphatic rings. The molecule has 0 aliphatic carbocycles. The number of hydrogen-bond acceptors (Lipinski definition) is 2. The van der Waals surface area contributed by atoms with E-state index in [0.29, 0.717) is 13.2 Å². The topological polar surface area (TPSA) is 18.5 Å². The van der Waals surface area contributed by atoms with Crippen molar-refractivity contribution < 1.29 is 9.47 Å². The Morgan fingerprint density at radius 2 is 1.44 bits per heavy atom. The van der Waals surface area contributed by atoms with Gasteiger partial charge in [-0.05, 0) is 21.7 Å². The molecule has 0 saturated carbocycles. The van der Waals surface area contributed by atoms with Crippen LogP contribution in [0.1, 0.15) is 26.7 Å². The first-order valence-corrected chi connectivity index (χ1v) is 7.14. The molecule has 2 nitrogen and oxygen atoms in total. The predicted octanol–water partition coefficient (Wildman–Crippen LogP) is 3.33. The van der Waals surface area contributed by atoms with Gasteiger partial charge >= 0.3 is 0 Å². The monoisotopic (exact) mass is 444 g/mol. The van der Waals surface area contributed by atoms with E-state index in [2.05, 4.69) is 64.9 Å². The van der Waals surface area contributed by atoms with Gasteiger partial charge in [-0.15, -0.1) is 0 Å². The molecule has 88 valence electrons. The summed E-state index contributed by atoms with van der Waals surface area (Å²) in [6.07, 6.45) is 1.55. The zero-order valence-corrected chi connectivity index (χ0v) is 13.7. The van der Waals surface area contributed by atoms with Crippen molar-refractivity contribution in [3.05, 3.63) is 0 Å². The highest BCUT2D eigenvalue weighted by Gasteiger charge is 2.39. The third kappa shape index (κ3) is 4.40. The molecule has 0 amide bonds. The van der Waals surface area contributed by atoms with Gasteiger partial charge in [0.15, 0.2) is 5.79 Å². The average Bonchev–Trinajstić information content (AvgIpc) is 2.27. The first-order chi connectivity index (χ1) is 7.54. The number of ether oxygens (including phenoxy) is 2. The maximum absolute atomic E-state index is 5.71. The lowest BCUT2D eigenvalue weighted by molar-refractivity contribution is -0.283. The fourth-order valence-corrected chi connectivity index (χ4v) is 1.83. The molecule has 0 aromatic rings. The van der Waals surface area contributed by atoms with Gasteiger partial charge in [0.25, 0.3) is 0 Å². The van der Waals surface area contributed by atoms with Crippen LogP contribution < -0.4 is 0 Å². The van der Waals surface area contributed by atoms with Crippen molar-refractivity contribution in [1.29, 1.82) is 0 Å². The van der Waals surface area contributed by atoms with Crippen LogP contribution in [-0.4, -0.2) is 19.0 Å². The average molecular weight is 444 g/mol. The van der Waals surface area contributed by atoms with E-state index in [0.717, 1.165) is 12.8 Å². The molecule has 1 heterocycles. The maximum atomic E-state index is 5.71. The van der Waals surface area contributed by atoms with Gasteiger partial charge < -0.3 is 9.47 Å². The summed E-state index contributed by atoms with van der Waals surface area (Å²) in [5.74, 6) is 5.73. The van der Waals surface area contributed by atoms with Crippen molar-refractivity contribution in [1.82, 2.24) is 0 Å². The van der Waals surface area contributed by atoms with E-state index in [4.69, 9.17) is 9.47 Å². The lowest BCUT2D eigenvalue weighted by Crippen LogP contribution is -2.46. The summed E-state index contributed by atoms with van der Waals surface area (Å²) in [4.78, 5) is 0. The lowest BCUT2D eigenvalue weighted by Gasteiger charge is -2.41. The number of hydrogen-bond donors (Lipinski definition) is 0. The van der Waals surface area contributed by atoms with Crippen LogP contribution in [0, 0.1) is 25.1 Å². The molecule has 0 atom stereocenters. The SMILES string of the molecule is CC1(C)OCC(CC#CI)(CC#CI)CO1. The van der Waals surface area contributed by atoms with E-state index in [1.54, 1.807) is 0 Å². The minimum atomic E-state index is -0.473. The standard InChI is InChI=1S/C12H14I2O2/c1-11(2)15-9-12(10-16-11,5-3-7-13)6-4-8-14/h5-6,9-10H2,1-2H3. The molecule has 0 N–H and O–H groups in total. The fourth-order valence-electron chi connectivity index (χ4n) is 1.45. The summed E-state index contributed by atoms with van der Waals surface area (Å²) in [6.45, 7) is 5.20. The van der Waals surface area contributed by atoms with Crippen molar-refractivity contribution in [3.8, 4) is 19.7 Å². The van der Waals surface area contributed by atoms with E-state index in [-0.39, 0.29) is 5.41 Å². The van der Waals surface area contributed by atoms with Crippen molar-refractivity contribution >= 4 is 45.2 Å². The van der Waals surface area contributed by atoms with E-state index < -0.39 is 5.79 Å². The van der Waals surface area contributed by atoms with Gasteiger partial charge in [-0.2, -0.15) is 0 Å². The molecule has 1 saturated heterocycles. The van der Waals surface area contributed by atoms with Crippen molar-refractivity contribution in [2.24, 2.45) is 5.41 Å². The Morgan fingerprint density at radius 3 is 1.81 bits per heavy atom. The van der Waals surface area contributed by atoms with Crippen LogP contribution in [-0.2, 0) is 9.47 Å². The predicted molar refractivity (Wildman–Crippen MR) is 81.2 cm³/mol. The van der Waals surface area contributed by atoms with E-state index >= 15 is 0 Å². The normalized spacial score (nSPS) is 21.2. The summed E-state index contributed by atoms with van der Waals surface area (Å²) in [6, 6.07) is 0. The zero-order chi connectivity index (χ0) is 12.1. The molecule has 0 aromatic carbocycles. The first kappa shape index (κ1) is 14.6. The minimum Gasteiger partial charge on any atom is -0.350 e. The van der Waals surface area contributed by atoms with Gasteiger partial charge in [0.1, 0.15) is 0 Å². The number of rotatable bonds is 2. The highest BCUT2D eigenvalue weighted by molar-refractivity contribution is 14.1. The molecular weight excluding hydrogens is 430 g/mol. The van der Waals surface area contributed by atoms with Crippen LogP contribution in [0.2, 0.25) is 0 Å². The minimum absolute atomic E-state index is 0.0636. The van der Waals surface area contributed by atoms with Crippen LogP contribution >= 0.6 is 45.2 Å². The second-order valence-corrected chi connectivity index (χ2v) is 5.45. The van der Waals surface area contributed by atoms with E-state index in [9.17, 15) is 0 Å². The fraction of sp³-hybridized carbons (Fsp3) is 0.667. The molecule has 4 heteroatoms. The third-order valence-electron chi connectivity index (χ3n) is 2.51. The van der Waals surface area contributed by atoms with Gasteiger partial charge in [0.2, 0.25) is 0 Å². The molecule has 1 fully saturated rings. The zero-order valence-electron chi connectivity index (χ0n) is 9.40. The summed E-state index contributed by atoms with van der Waals surface area (Å²) >= 11 is 4.11. The molecule has 0 radical (unpaired) electrons. The van der Waals surface area contributed by atoms with Gasteiger partial charge in [0, 0.05) is 63.4 Å². The largest absolute Gasteiger partial charge is 0.350 e. The second-order valence-electron chi connectivity index (χ2n) is 4.37. The van der Waals surface area contributed by atoms with Gasteiger partial charge in [-0.25, -0.2) is 0 Å². The first-order valence-electron chi connectivity index (χ1n) is 4.98. The third-order valence-corrected chi connectivity index (χ3v) is 3.28. The Balaban J connectivity index is 2.71. The molecular formula is C12H14I2O2. The highest BCUT2D eigenvalue weighted by atomic mass is 127. The summed E-state index contributed by atoms with van der Waals surface area (Å²) < 4.78 is 17.2. The van der Waals surface area contributed by atoms with Crippen molar-refractivity contribution in [3.63, 3.8) is 0 Å². The van der Waals surface area contributed by atoms with Crippen LogP contribution in [0.5, 0.6) is 0 Å². The van der Waals surface area contributed by atoms with Gasteiger partial charge in [-0.3, -0.25) is 0 Å². The van der Waals surface area contributed by atoms with Crippen molar-refractivity contribution in [2.45, 2.75) is 32.5 Å². The lowest BCUT2D eigenvalue weighted by atomic mass is 9.82. The van der Waals surface area contributed by atoms with Gasteiger partial charge in [0.05, 0.1) is 13.2 Å². The molecule has 0 unspecified atom stereocenters. The summed E-state index contributed by atoms with van der Waals surface area (Å²) in [5, 5.41) is 0. The molecule has 0 spiro atoms. The Hall–Kier alpha value is 0.500. The molecule has 0 bridgehead atoms. The van der Waals surface area contributed by atoms with Crippen LogP contribution in [0.15, 0.2) is 0 Å². The Labute approximate surface area is 124 Å². The Bertz CT molecular complexity index is 321. The summed E-state index contributed by atoms with van der Waals surface area (Å²) in [5.41, 5.74) is -0.0636. The van der Waals surface area contributed by atoms with Crippen LogP contribution in [0.4, 0.5) is 0 Å².